The number of rotatable bonds is 4. The Morgan fingerprint density at radius 3 is 2.96 bits per heavy atom. The van der Waals surface area contributed by atoms with Gasteiger partial charge in [0.15, 0.2) is 5.78 Å². The van der Waals surface area contributed by atoms with Crippen molar-refractivity contribution in [2.75, 3.05) is 13.1 Å². The van der Waals surface area contributed by atoms with E-state index in [0.29, 0.717) is 43.7 Å². The number of hydrogen-bond acceptors (Lipinski definition) is 5. The van der Waals surface area contributed by atoms with Crippen LogP contribution in [0.5, 0.6) is 5.75 Å². The highest BCUT2D eigenvalue weighted by Crippen LogP contribution is 2.39. The summed E-state index contributed by atoms with van der Waals surface area (Å²) in [7, 11) is 0. The summed E-state index contributed by atoms with van der Waals surface area (Å²) in [5.74, 6) is 0.987. The number of amides is 1. The maximum atomic E-state index is 12.6. The monoisotopic (exact) mass is 368 g/mol. The molecule has 142 valence electrons. The molecule has 1 atom stereocenters. The number of carbonyl (C=O) groups is 2. The van der Waals surface area contributed by atoms with E-state index in [-0.39, 0.29) is 11.7 Å². The van der Waals surface area contributed by atoms with E-state index >= 15 is 0 Å². The first kappa shape index (κ1) is 17.7. The summed E-state index contributed by atoms with van der Waals surface area (Å²) in [4.78, 5) is 31.0. The van der Waals surface area contributed by atoms with E-state index in [1.807, 2.05) is 29.2 Å². The quantitative estimate of drug-likeness (QED) is 0.828. The van der Waals surface area contributed by atoms with E-state index in [1.54, 1.807) is 11.0 Å². The highest BCUT2D eigenvalue weighted by Gasteiger charge is 2.41. The van der Waals surface area contributed by atoms with Gasteiger partial charge >= 0.3 is 0 Å². The van der Waals surface area contributed by atoms with Gasteiger partial charge in [-0.3, -0.25) is 14.3 Å². The Hall–Kier alpha value is -2.70. The fourth-order valence-electron chi connectivity index (χ4n) is 4.04. The van der Waals surface area contributed by atoms with Crippen molar-refractivity contribution in [3.63, 3.8) is 0 Å². The van der Waals surface area contributed by atoms with Gasteiger partial charge in [0, 0.05) is 32.5 Å². The molecule has 7 heteroatoms. The molecule has 1 aromatic heterocycles. The molecule has 2 aliphatic heterocycles. The molecule has 1 aromatic carbocycles. The van der Waals surface area contributed by atoms with Crippen molar-refractivity contribution in [1.29, 1.82) is 0 Å². The SMILES string of the molecule is O=C1CC2(CCCN(C(=O)CCCn3cncn3)CC2)Oc2ccccc21. The maximum absolute atomic E-state index is 12.6. The summed E-state index contributed by atoms with van der Waals surface area (Å²) in [6.45, 7) is 2.05. The average Bonchev–Trinajstić information content (AvgIpc) is 3.10. The maximum Gasteiger partial charge on any atom is 0.222 e. The van der Waals surface area contributed by atoms with E-state index in [9.17, 15) is 9.59 Å². The van der Waals surface area contributed by atoms with Crippen molar-refractivity contribution in [2.45, 2.75) is 50.7 Å². The van der Waals surface area contributed by atoms with E-state index in [0.717, 1.165) is 25.8 Å². The fourth-order valence-corrected chi connectivity index (χ4v) is 4.04. The molecule has 2 aromatic rings. The van der Waals surface area contributed by atoms with Crippen molar-refractivity contribution in [1.82, 2.24) is 19.7 Å². The molecule has 27 heavy (non-hydrogen) atoms. The molecule has 7 nitrogen and oxygen atoms in total. The third kappa shape index (κ3) is 3.86. The van der Waals surface area contributed by atoms with E-state index in [2.05, 4.69) is 10.1 Å². The second-order valence-corrected chi connectivity index (χ2v) is 7.38. The Bertz CT molecular complexity index is 820. The Labute approximate surface area is 158 Å². The van der Waals surface area contributed by atoms with Crippen LogP contribution in [0.2, 0.25) is 0 Å². The molecule has 1 saturated heterocycles. The van der Waals surface area contributed by atoms with Crippen molar-refractivity contribution < 1.29 is 14.3 Å². The van der Waals surface area contributed by atoms with Gasteiger partial charge in [-0.2, -0.15) is 5.10 Å². The molecule has 0 saturated carbocycles. The molecule has 1 fully saturated rings. The minimum atomic E-state index is -0.471. The lowest BCUT2D eigenvalue weighted by Crippen LogP contribution is -2.43. The lowest BCUT2D eigenvalue weighted by atomic mass is 9.84. The summed E-state index contributed by atoms with van der Waals surface area (Å²) in [6.07, 6.45) is 7.15. The van der Waals surface area contributed by atoms with Crippen LogP contribution in [0.3, 0.4) is 0 Å². The molecule has 0 N–H and O–H groups in total. The van der Waals surface area contributed by atoms with E-state index in [1.165, 1.54) is 6.33 Å². The fraction of sp³-hybridized carbons (Fsp3) is 0.500. The molecule has 1 spiro atoms. The lowest BCUT2D eigenvalue weighted by Gasteiger charge is -2.37. The Morgan fingerprint density at radius 2 is 2.11 bits per heavy atom. The molecule has 2 aliphatic rings. The number of aromatic nitrogens is 3. The van der Waals surface area contributed by atoms with Gasteiger partial charge in [-0.1, -0.05) is 12.1 Å². The van der Waals surface area contributed by atoms with Gasteiger partial charge < -0.3 is 9.64 Å². The Kier molecular flexibility index (Phi) is 4.92. The number of hydrogen-bond donors (Lipinski definition) is 0. The normalized spacial score (nSPS) is 22.2. The predicted octanol–water partition coefficient (Wildman–Crippen LogP) is 2.48. The van der Waals surface area contributed by atoms with Gasteiger partial charge in [-0.15, -0.1) is 0 Å². The number of nitrogens with zero attached hydrogens (tertiary/aromatic N) is 4. The molecular weight excluding hydrogens is 344 g/mol. The van der Waals surface area contributed by atoms with E-state index in [4.69, 9.17) is 4.74 Å². The first-order chi connectivity index (χ1) is 13.2. The van der Waals surface area contributed by atoms with Gasteiger partial charge in [0.25, 0.3) is 0 Å². The summed E-state index contributed by atoms with van der Waals surface area (Å²) in [5, 5.41) is 4.06. The number of ketones is 1. The minimum absolute atomic E-state index is 0.143. The number of aryl methyl sites for hydroxylation is 1. The number of Topliss-reactive ketones (excluding diaryl/α,β-unsaturated/α-hetero) is 1. The first-order valence-electron chi connectivity index (χ1n) is 9.57. The van der Waals surface area contributed by atoms with Gasteiger partial charge in [-0.05, 0) is 31.4 Å². The lowest BCUT2D eigenvalue weighted by molar-refractivity contribution is -0.131. The average molecular weight is 368 g/mol. The summed E-state index contributed by atoms with van der Waals surface area (Å²) in [6, 6.07) is 7.45. The van der Waals surface area contributed by atoms with Crippen molar-refractivity contribution in [3.8, 4) is 5.75 Å². The van der Waals surface area contributed by atoms with Crippen LogP contribution < -0.4 is 4.74 Å². The number of benzene rings is 1. The second kappa shape index (κ2) is 7.50. The molecule has 3 heterocycles. The van der Waals surface area contributed by atoms with Gasteiger partial charge in [-0.25, -0.2) is 4.98 Å². The highest BCUT2D eigenvalue weighted by atomic mass is 16.5. The van der Waals surface area contributed by atoms with Crippen molar-refractivity contribution in [2.24, 2.45) is 0 Å². The molecule has 0 bridgehead atoms. The molecule has 1 amide bonds. The van der Waals surface area contributed by atoms with Crippen LogP contribution in [0.25, 0.3) is 0 Å². The molecular formula is C20H24N4O3. The van der Waals surface area contributed by atoms with Gasteiger partial charge in [0.05, 0.1) is 12.0 Å². The molecule has 4 rings (SSSR count). The summed E-state index contributed by atoms with van der Waals surface area (Å²) < 4.78 is 8.03. The van der Waals surface area contributed by atoms with Crippen LogP contribution in [-0.4, -0.2) is 50.0 Å². The standard InChI is InChI=1S/C20H24N4O3/c25-17-13-20(27-18-6-2-1-5-16(17)18)8-4-10-23(12-9-20)19(26)7-3-11-24-15-21-14-22-24/h1-2,5-6,14-15H,3-4,7-13H2. The molecule has 0 radical (unpaired) electrons. The molecule has 1 unspecified atom stereocenters. The first-order valence-corrected chi connectivity index (χ1v) is 9.57. The van der Waals surface area contributed by atoms with Crippen LogP contribution in [0, 0.1) is 0 Å². The number of likely N-dealkylation sites (tertiary alicyclic amines) is 1. The Morgan fingerprint density at radius 1 is 1.22 bits per heavy atom. The number of fused-ring (bicyclic) bond motifs is 1. The van der Waals surface area contributed by atoms with Gasteiger partial charge in [0.2, 0.25) is 5.91 Å². The summed E-state index contributed by atoms with van der Waals surface area (Å²) >= 11 is 0. The minimum Gasteiger partial charge on any atom is -0.486 e. The Balaban J connectivity index is 1.35. The van der Waals surface area contributed by atoms with Crippen LogP contribution in [0.4, 0.5) is 0 Å². The zero-order chi connectivity index (χ0) is 18.7. The molecule has 0 aliphatic carbocycles. The van der Waals surface area contributed by atoms with Crippen LogP contribution >= 0.6 is 0 Å². The smallest absolute Gasteiger partial charge is 0.222 e. The second-order valence-electron chi connectivity index (χ2n) is 7.38. The number of para-hydroxylation sites is 1. The summed E-state index contributed by atoms with van der Waals surface area (Å²) in [5.41, 5.74) is 0.203. The third-order valence-corrected chi connectivity index (χ3v) is 5.49. The van der Waals surface area contributed by atoms with Crippen LogP contribution in [0.1, 0.15) is 48.9 Å². The van der Waals surface area contributed by atoms with Crippen molar-refractivity contribution in [3.05, 3.63) is 42.5 Å². The predicted molar refractivity (Wildman–Crippen MR) is 98.4 cm³/mol. The topological polar surface area (TPSA) is 77.3 Å². The third-order valence-electron chi connectivity index (χ3n) is 5.49. The number of ether oxygens (including phenoxy) is 1. The van der Waals surface area contributed by atoms with Gasteiger partial charge in [0.1, 0.15) is 24.0 Å². The van der Waals surface area contributed by atoms with Crippen molar-refractivity contribution >= 4 is 11.7 Å². The van der Waals surface area contributed by atoms with Crippen LogP contribution in [-0.2, 0) is 11.3 Å². The van der Waals surface area contributed by atoms with Crippen LogP contribution in [0.15, 0.2) is 36.9 Å². The highest BCUT2D eigenvalue weighted by molar-refractivity contribution is 6.00. The zero-order valence-corrected chi connectivity index (χ0v) is 15.3. The van der Waals surface area contributed by atoms with E-state index < -0.39 is 5.60 Å². The zero-order valence-electron chi connectivity index (χ0n) is 15.3. The number of carbonyl (C=O) groups excluding carboxylic acids is 2. The largest absolute Gasteiger partial charge is 0.486 e.